The van der Waals surface area contributed by atoms with Crippen LogP contribution in [0.2, 0.25) is 0 Å². The van der Waals surface area contributed by atoms with Crippen molar-refractivity contribution in [3.8, 4) is 0 Å². The molecule has 0 aromatic heterocycles. The van der Waals surface area contributed by atoms with Crippen LogP contribution in [0.3, 0.4) is 0 Å². The fourth-order valence-corrected chi connectivity index (χ4v) is 5.24. The summed E-state index contributed by atoms with van der Waals surface area (Å²) in [6.45, 7) is 5.18. The molecule has 21 heavy (non-hydrogen) atoms. The SMILES string of the molecule is CN1CCN(CC(=O)NC2(C)CCS(=O)(=O)C2)C(CN)C1. The molecule has 0 bridgehead atoms. The number of sulfone groups is 1. The molecule has 2 aliphatic heterocycles. The second-order valence-corrected chi connectivity index (χ2v) is 8.76. The molecule has 1 amide bonds. The molecular formula is C13H26N4O3S. The molecule has 2 heterocycles. The van der Waals surface area contributed by atoms with Crippen molar-refractivity contribution in [2.75, 3.05) is 51.3 Å². The third-order valence-electron chi connectivity index (χ3n) is 4.37. The summed E-state index contributed by atoms with van der Waals surface area (Å²) in [7, 11) is -0.964. The lowest BCUT2D eigenvalue weighted by Crippen LogP contribution is -2.58. The first-order valence-corrected chi connectivity index (χ1v) is 9.19. The second kappa shape index (κ2) is 6.20. The molecule has 8 heteroatoms. The van der Waals surface area contributed by atoms with Crippen molar-refractivity contribution in [1.29, 1.82) is 0 Å². The Labute approximate surface area is 126 Å². The van der Waals surface area contributed by atoms with Gasteiger partial charge in [-0.1, -0.05) is 0 Å². The fourth-order valence-electron chi connectivity index (χ4n) is 3.15. The van der Waals surface area contributed by atoms with Crippen molar-refractivity contribution in [2.45, 2.75) is 24.9 Å². The maximum Gasteiger partial charge on any atom is 0.234 e. The van der Waals surface area contributed by atoms with Gasteiger partial charge in [-0.2, -0.15) is 0 Å². The molecule has 0 saturated carbocycles. The third kappa shape index (κ3) is 4.38. The number of nitrogens with zero attached hydrogens (tertiary/aromatic N) is 2. The number of carbonyl (C=O) groups excluding carboxylic acids is 1. The van der Waals surface area contributed by atoms with Crippen molar-refractivity contribution in [3.05, 3.63) is 0 Å². The number of nitrogens with one attached hydrogen (secondary N) is 1. The smallest absolute Gasteiger partial charge is 0.234 e. The van der Waals surface area contributed by atoms with Gasteiger partial charge < -0.3 is 16.0 Å². The molecule has 3 N–H and O–H groups in total. The topological polar surface area (TPSA) is 95.7 Å². The van der Waals surface area contributed by atoms with Crippen molar-refractivity contribution in [1.82, 2.24) is 15.1 Å². The van der Waals surface area contributed by atoms with Crippen LogP contribution in [-0.4, -0.2) is 87.0 Å². The van der Waals surface area contributed by atoms with E-state index >= 15 is 0 Å². The molecule has 0 aliphatic carbocycles. The minimum Gasteiger partial charge on any atom is -0.349 e. The average Bonchev–Trinajstić information content (AvgIpc) is 2.65. The number of rotatable bonds is 4. The summed E-state index contributed by atoms with van der Waals surface area (Å²) < 4.78 is 23.1. The summed E-state index contributed by atoms with van der Waals surface area (Å²) in [6.07, 6.45) is 0.490. The van der Waals surface area contributed by atoms with Gasteiger partial charge in [0.05, 0.1) is 23.6 Å². The van der Waals surface area contributed by atoms with E-state index in [4.69, 9.17) is 5.73 Å². The Kier molecular flexibility index (Phi) is 4.92. The maximum absolute atomic E-state index is 12.2. The van der Waals surface area contributed by atoms with E-state index in [-0.39, 0.29) is 30.0 Å². The Morgan fingerprint density at radius 1 is 1.43 bits per heavy atom. The van der Waals surface area contributed by atoms with Crippen molar-refractivity contribution in [2.24, 2.45) is 5.73 Å². The Morgan fingerprint density at radius 2 is 2.14 bits per heavy atom. The highest BCUT2D eigenvalue weighted by atomic mass is 32.2. The van der Waals surface area contributed by atoms with E-state index in [2.05, 4.69) is 15.1 Å². The number of nitrogens with two attached hydrogens (primary N) is 1. The van der Waals surface area contributed by atoms with Gasteiger partial charge in [-0.25, -0.2) is 8.42 Å². The summed E-state index contributed by atoms with van der Waals surface area (Å²) in [5, 5.41) is 2.90. The number of carbonyl (C=O) groups is 1. The second-order valence-electron chi connectivity index (χ2n) is 6.57. The van der Waals surface area contributed by atoms with Gasteiger partial charge in [0.2, 0.25) is 5.91 Å². The zero-order chi connectivity index (χ0) is 15.7. The van der Waals surface area contributed by atoms with Gasteiger partial charge >= 0.3 is 0 Å². The third-order valence-corrected chi connectivity index (χ3v) is 6.27. The van der Waals surface area contributed by atoms with E-state index in [1.807, 2.05) is 7.05 Å². The van der Waals surface area contributed by atoms with Crippen LogP contribution in [0.25, 0.3) is 0 Å². The van der Waals surface area contributed by atoms with Gasteiger partial charge in [0.15, 0.2) is 9.84 Å². The standard InChI is InChI=1S/C13H26N4O3S/c1-13(3-6-21(19,20)10-13)15-12(18)9-17-5-4-16(2)8-11(17)7-14/h11H,3-10,14H2,1-2H3,(H,15,18). The number of piperazine rings is 1. The Morgan fingerprint density at radius 3 is 2.71 bits per heavy atom. The molecule has 0 aromatic rings. The number of likely N-dealkylation sites (N-methyl/N-ethyl adjacent to an activating group) is 1. The first-order valence-electron chi connectivity index (χ1n) is 7.37. The summed E-state index contributed by atoms with van der Waals surface area (Å²) in [5.41, 5.74) is 5.15. The van der Waals surface area contributed by atoms with Crippen LogP contribution in [0.5, 0.6) is 0 Å². The monoisotopic (exact) mass is 318 g/mol. The molecule has 0 radical (unpaired) electrons. The first kappa shape index (κ1) is 16.7. The minimum absolute atomic E-state index is 0.0365. The van der Waals surface area contributed by atoms with E-state index in [9.17, 15) is 13.2 Å². The van der Waals surface area contributed by atoms with Gasteiger partial charge in [-0.05, 0) is 20.4 Å². The molecule has 2 fully saturated rings. The van der Waals surface area contributed by atoms with E-state index < -0.39 is 15.4 Å². The van der Waals surface area contributed by atoms with Crippen molar-refractivity contribution < 1.29 is 13.2 Å². The molecule has 2 atom stereocenters. The zero-order valence-electron chi connectivity index (χ0n) is 12.8. The highest BCUT2D eigenvalue weighted by Crippen LogP contribution is 2.22. The van der Waals surface area contributed by atoms with E-state index in [1.165, 1.54) is 0 Å². The molecule has 0 aromatic carbocycles. The summed E-state index contributed by atoms with van der Waals surface area (Å²) in [4.78, 5) is 16.5. The van der Waals surface area contributed by atoms with Crippen LogP contribution in [0.4, 0.5) is 0 Å². The number of amides is 1. The molecule has 7 nitrogen and oxygen atoms in total. The van der Waals surface area contributed by atoms with Gasteiger partial charge in [0.25, 0.3) is 0 Å². The Balaban J connectivity index is 1.90. The van der Waals surface area contributed by atoms with E-state index in [0.29, 0.717) is 13.0 Å². The van der Waals surface area contributed by atoms with Crippen LogP contribution in [0, 0.1) is 0 Å². The first-order chi connectivity index (χ1) is 9.73. The number of hydrogen-bond acceptors (Lipinski definition) is 6. The lowest BCUT2D eigenvalue weighted by atomic mass is 10.0. The Hall–Kier alpha value is -0.700. The molecule has 2 saturated heterocycles. The molecule has 2 rings (SSSR count). The lowest BCUT2D eigenvalue weighted by Gasteiger charge is -2.39. The largest absolute Gasteiger partial charge is 0.349 e. The molecule has 122 valence electrons. The number of hydrogen-bond donors (Lipinski definition) is 2. The average molecular weight is 318 g/mol. The van der Waals surface area contributed by atoms with Crippen LogP contribution in [-0.2, 0) is 14.6 Å². The summed E-state index contributed by atoms with van der Waals surface area (Å²) in [6, 6.07) is 0.176. The quantitative estimate of drug-likeness (QED) is 0.638. The van der Waals surface area contributed by atoms with Crippen LogP contribution < -0.4 is 11.1 Å². The molecular weight excluding hydrogens is 292 g/mol. The molecule has 2 aliphatic rings. The summed E-state index contributed by atoms with van der Waals surface area (Å²) >= 11 is 0. The zero-order valence-corrected chi connectivity index (χ0v) is 13.7. The normalized spacial score (nSPS) is 34.0. The van der Waals surface area contributed by atoms with Gasteiger partial charge in [0.1, 0.15) is 0 Å². The van der Waals surface area contributed by atoms with Crippen LogP contribution >= 0.6 is 0 Å². The van der Waals surface area contributed by atoms with Crippen LogP contribution in [0.15, 0.2) is 0 Å². The van der Waals surface area contributed by atoms with Gasteiger partial charge in [-0.15, -0.1) is 0 Å². The minimum atomic E-state index is -3.01. The predicted octanol–water partition coefficient (Wildman–Crippen LogP) is -1.75. The van der Waals surface area contributed by atoms with Gasteiger partial charge in [0, 0.05) is 32.2 Å². The highest BCUT2D eigenvalue weighted by Gasteiger charge is 2.39. The predicted molar refractivity (Wildman–Crippen MR) is 81.7 cm³/mol. The fraction of sp³-hybridized carbons (Fsp3) is 0.923. The van der Waals surface area contributed by atoms with E-state index in [1.54, 1.807) is 6.92 Å². The van der Waals surface area contributed by atoms with E-state index in [0.717, 1.165) is 19.6 Å². The Bertz CT molecular complexity index is 496. The van der Waals surface area contributed by atoms with Crippen molar-refractivity contribution in [3.63, 3.8) is 0 Å². The van der Waals surface area contributed by atoms with Crippen LogP contribution in [0.1, 0.15) is 13.3 Å². The summed E-state index contributed by atoms with van der Waals surface area (Å²) in [5.74, 6) is 0.0796. The highest BCUT2D eigenvalue weighted by molar-refractivity contribution is 7.91. The molecule has 0 spiro atoms. The maximum atomic E-state index is 12.2. The molecule has 2 unspecified atom stereocenters. The van der Waals surface area contributed by atoms with Crippen molar-refractivity contribution >= 4 is 15.7 Å². The lowest BCUT2D eigenvalue weighted by molar-refractivity contribution is -0.124. The van der Waals surface area contributed by atoms with Gasteiger partial charge in [-0.3, -0.25) is 9.69 Å².